The van der Waals surface area contributed by atoms with Gasteiger partial charge in [0, 0.05) is 18.2 Å². The maximum atomic E-state index is 14.2. The van der Waals surface area contributed by atoms with Crippen molar-refractivity contribution in [3.63, 3.8) is 0 Å². The Morgan fingerprint density at radius 2 is 1.77 bits per heavy atom. The molecule has 10 heteroatoms. The van der Waals surface area contributed by atoms with Crippen molar-refractivity contribution in [2.75, 3.05) is 46.3 Å². The number of ether oxygens (including phenoxy) is 2. The summed E-state index contributed by atoms with van der Waals surface area (Å²) in [7, 11) is 6.89. The quantitative estimate of drug-likeness (QED) is 0.480. The normalized spacial score (nSPS) is 10.8. The summed E-state index contributed by atoms with van der Waals surface area (Å²) in [6, 6.07) is 6.89. The fourth-order valence-electron chi connectivity index (χ4n) is 3.02. The Labute approximate surface area is 189 Å². The molecule has 0 unspecified atom stereocenters. The molecule has 1 amide bonds. The lowest BCUT2D eigenvalue weighted by Gasteiger charge is -2.21. The van der Waals surface area contributed by atoms with Gasteiger partial charge in [0.1, 0.15) is 11.3 Å². The van der Waals surface area contributed by atoms with Crippen LogP contribution in [0.5, 0.6) is 11.5 Å². The molecule has 168 valence electrons. The SMILES string of the molecule is COc1ccc(C(=O)N(CCCN(C)C)c2nc3c(F)cc(F)cc3s2)cc1OC.Cl. The van der Waals surface area contributed by atoms with Gasteiger partial charge in [0.25, 0.3) is 5.91 Å². The minimum absolute atomic E-state index is 0. The smallest absolute Gasteiger partial charge is 0.260 e. The highest BCUT2D eigenvalue weighted by molar-refractivity contribution is 7.22. The molecule has 3 rings (SSSR count). The fraction of sp³-hybridized carbons (Fsp3) is 0.333. The number of aromatic nitrogens is 1. The van der Waals surface area contributed by atoms with Crippen LogP contribution in [0.4, 0.5) is 13.9 Å². The van der Waals surface area contributed by atoms with Gasteiger partial charge in [-0.3, -0.25) is 9.69 Å². The highest BCUT2D eigenvalue weighted by Gasteiger charge is 2.23. The Morgan fingerprint density at radius 3 is 2.42 bits per heavy atom. The lowest BCUT2D eigenvalue weighted by Crippen LogP contribution is -2.33. The number of thiazole rings is 1. The number of fused-ring (bicyclic) bond motifs is 1. The van der Waals surface area contributed by atoms with E-state index in [1.165, 1.54) is 25.2 Å². The second kappa shape index (κ2) is 10.7. The van der Waals surface area contributed by atoms with Gasteiger partial charge in [-0.05, 0) is 51.3 Å². The Bertz CT molecular complexity index is 1060. The molecule has 0 saturated heterocycles. The molecule has 1 heterocycles. The third-order valence-electron chi connectivity index (χ3n) is 4.50. The predicted octanol–water partition coefficient (Wildman–Crippen LogP) is 4.61. The van der Waals surface area contributed by atoms with Gasteiger partial charge >= 0.3 is 0 Å². The van der Waals surface area contributed by atoms with E-state index in [1.807, 2.05) is 19.0 Å². The van der Waals surface area contributed by atoms with E-state index < -0.39 is 11.6 Å². The number of hydrogen-bond acceptors (Lipinski definition) is 6. The topological polar surface area (TPSA) is 54.9 Å². The first-order valence-corrected chi connectivity index (χ1v) is 10.1. The molecule has 0 atom stereocenters. The molecule has 0 saturated carbocycles. The van der Waals surface area contributed by atoms with Gasteiger partial charge in [0.15, 0.2) is 22.4 Å². The molecule has 0 bridgehead atoms. The van der Waals surface area contributed by atoms with Gasteiger partial charge in [0.05, 0.1) is 18.9 Å². The lowest BCUT2D eigenvalue weighted by molar-refractivity contribution is 0.0985. The number of methoxy groups -OCH3 is 2. The molecule has 0 N–H and O–H groups in total. The number of amides is 1. The molecule has 0 radical (unpaired) electrons. The van der Waals surface area contributed by atoms with E-state index in [2.05, 4.69) is 4.98 Å². The first kappa shape index (κ1) is 24.8. The summed E-state index contributed by atoms with van der Waals surface area (Å²) in [5, 5.41) is 0.313. The van der Waals surface area contributed by atoms with E-state index in [1.54, 1.807) is 18.2 Å². The van der Waals surface area contributed by atoms with E-state index >= 15 is 0 Å². The van der Waals surface area contributed by atoms with Crippen LogP contribution in [0.3, 0.4) is 0 Å². The van der Waals surface area contributed by atoms with Gasteiger partial charge in [-0.2, -0.15) is 0 Å². The van der Waals surface area contributed by atoms with Crippen LogP contribution < -0.4 is 14.4 Å². The minimum atomic E-state index is -0.751. The Kier molecular flexibility index (Phi) is 8.55. The summed E-state index contributed by atoms with van der Waals surface area (Å²) < 4.78 is 38.6. The first-order valence-electron chi connectivity index (χ1n) is 9.28. The van der Waals surface area contributed by atoms with Gasteiger partial charge in [-0.1, -0.05) is 11.3 Å². The van der Waals surface area contributed by atoms with E-state index in [-0.39, 0.29) is 23.8 Å². The van der Waals surface area contributed by atoms with Crippen LogP contribution >= 0.6 is 23.7 Å². The third-order valence-corrected chi connectivity index (χ3v) is 5.52. The van der Waals surface area contributed by atoms with Crippen LogP contribution in [0.25, 0.3) is 10.2 Å². The van der Waals surface area contributed by atoms with Crippen molar-refractivity contribution < 1.29 is 23.0 Å². The molecule has 0 aliphatic rings. The molecule has 3 aromatic rings. The first-order chi connectivity index (χ1) is 14.3. The molecule has 31 heavy (non-hydrogen) atoms. The molecular formula is C21H24ClF2N3O3S. The summed E-state index contributed by atoms with van der Waals surface area (Å²) in [5.41, 5.74) is 0.428. The number of carbonyl (C=O) groups excluding carboxylic acids is 1. The van der Waals surface area contributed by atoms with Crippen LogP contribution in [-0.2, 0) is 0 Å². The zero-order chi connectivity index (χ0) is 21.8. The van der Waals surface area contributed by atoms with Gasteiger partial charge in [-0.15, -0.1) is 12.4 Å². The fourth-order valence-corrected chi connectivity index (χ4v) is 4.04. The highest BCUT2D eigenvalue weighted by Crippen LogP contribution is 2.33. The van der Waals surface area contributed by atoms with Crippen molar-refractivity contribution in [2.45, 2.75) is 6.42 Å². The molecule has 0 aliphatic heterocycles. The number of hydrogen-bond donors (Lipinski definition) is 0. The van der Waals surface area contributed by atoms with Crippen LogP contribution in [0.15, 0.2) is 30.3 Å². The number of benzene rings is 2. The largest absolute Gasteiger partial charge is 0.493 e. The number of carbonyl (C=O) groups is 1. The number of halogens is 3. The summed E-state index contributed by atoms with van der Waals surface area (Å²) in [6.45, 7) is 1.12. The molecule has 2 aromatic carbocycles. The predicted molar refractivity (Wildman–Crippen MR) is 121 cm³/mol. The Balaban J connectivity index is 0.00000341. The van der Waals surface area contributed by atoms with Crippen molar-refractivity contribution in [3.8, 4) is 11.5 Å². The summed E-state index contributed by atoms with van der Waals surface area (Å²) >= 11 is 1.08. The molecule has 6 nitrogen and oxygen atoms in total. The van der Waals surface area contributed by atoms with Gasteiger partial charge in [0.2, 0.25) is 0 Å². The van der Waals surface area contributed by atoms with E-state index in [0.717, 1.165) is 23.9 Å². The second-order valence-electron chi connectivity index (χ2n) is 6.91. The van der Waals surface area contributed by atoms with Crippen molar-refractivity contribution >= 4 is 45.0 Å². The second-order valence-corrected chi connectivity index (χ2v) is 7.92. The van der Waals surface area contributed by atoms with Gasteiger partial charge < -0.3 is 14.4 Å². The standard InChI is InChI=1S/C21H23F2N3O3S.ClH/c1-25(2)8-5-9-26(20(27)13-6-7-16(28-3)17(10-13)29-4)21-24-19-15(23)11-14(22)12-18(19)30-21;/h6-7,10-12H,5,8-9H2,1-4H3;1H. The summed E-state index contributed by atoms with van der Waals surface area (Å²) in [6.07, 6.45) is 0.679. The Hall–Kier alpha value is -2.49. The number of rotatable bonds is 8. The van der Waals surface area contributed by atoms with E-state index in [4.69, 9.17) is 9.47 Å². The summed E-state index contributed by atoms with van der Waals surface area (Å²) in [4.78, 5) is 21.1. The average molecular weight is 472 g/mol. The molecule has 0 spiro atoms. The zero-order valence-corrected chi connectivity index (χ0v) is 19.3. The van der Waals surface area contributed by atoms with Crippen LogP contribution in [0, 0.1) is 11.6 Å². The third kappa shape index (κ3) is 5.61. The number of nitrogens with zero attached hydrogens (tertiary/aromatic N) is 3. The Morgan fingerprint density at radius 1 is 1.06 bits per heavy atom. The van der Waals surface area contributed by atoms with Gasteiger partial charge in [-0.25, -0.2) is 13.8 Å². The van der Waals surface area contributed by atoms with Crippen LogP contribution in [-0.4, -0.2) is 57.2 Å². The van der Waals surface area contributed by atoms with Crippen molar-refractivity contribution in [2.24, 2.45) is 0 Å². The monoisotopic (exact) mass is 471 g/mol. The molecule has 0 aliphatic carbocycles. The van der Waals surface area contributed by atoms with E-state index in [9.17, 15) is 13.6 Å². The molecule has 0 fully saturated rings. The van der Waals surface area contributed by atoms with Crippen LogP contribution in [0.2, 0.25) is 0 Å². The van der Waals surface area contributed by atoms with E-state index in [0.29, 0.717) is 39.9 Å². The minimum Gasteiger partial charge on any atom is -0.493 e. The van der Waals surface area contributed by atoms with Crippen molar-refractivity contribution in [1.82, 2.24) is 9.88 Å². The maximum absolute atomic E-state index is 14.2. The van der Waals surface area contributed by atoms with Crippen LogP contribution in [0.1, 0.15) is 16.8 Å². The molecular weight excluding hydrogens is 448 g/mol. The average Bonchev–Trinajstić information content (AvgIpc) is 3.14. The van der Waals surface area contributed by atoms with Crippen molar-refractivity contribution in [1.29, 1.82) is 0 Å². The summed E-state index contributed by atoms with van der Waals surface area (Å²) in [5.74, 6) is -0.811. The maximum Gasteiger partial charge on any atom is 0.260 e. The zero-order valence-electron chi connectivity index (χ0n) is 17.6. The highest BCUT2D eigenvalue weighted by atomic mass is 35.5. The van der Waals surface area contributed by atoms with Crippen molar-refractivity contribution in [3.05, 3.63) is 47.5 Å². The molecule has 1 aromatic heterocycles. The number of anilines is 1. The lowest BCUT2D eigenvalue weighted by atomic mass is 10.1.